The highest BCUT2D eigenvalue weighted by Gasteiger charge is 2.40. The maximum Gasteiger partial charge on any atom is 0.256 e. The van der Waals surface area contributed by atoms with Crippen molar-refractivity contribution in [2.45, 2.75) is 26.3 Å². The van der Waals surface area contributed by atoms with Gasteiger partial charge >= 0.3 is 0 Å². The highest BCUT2D eigenvalue weighted by atomic mass is 35.5. The lowest BCUT2D eigenvalue weighted by atomic mass is 10.1. The number of hydrogen-bond donors (Lipinski definition) is 1. The Morgan fingerprint density at radius 2 is 1.75 bits per heavy atom. The van der Waals surface area contributed by atoms with E-state index in [1.165, 1.54) is 4.90 Å². The Kier molecular flexibility index (Phi) is 4.52. The molecule has 24 heavy (non-hydrogen) atoms. The molecule has 2 aromatic rings. The smallest absolute Gasteiger partial charge is 0.256 e. The number of nitrogens with one attached hydrogen (secondary N) is 1. The Balaban J connectivity index is 1.89. The van der Waals surface area contributed by atoms with Gasteiger partial charge in [-0.25, -0.2) is 4.90 Å². The van der Waals surface area contributed by atoms with Crippen LogP contribution < -0.4 is 10.2 Å². The second-order valence-corrected chi connectivity index (χ2v) is 6.68. The van der Waals surface area contributed by atoms with Crippen LogP contribution in [0.2, 0.25) is 10.0 Å². The number of nitrogens with zero attached hydrogens (tertiary/aromatic N) is 1. The van der Waals surface area contributed by atoms with Gasteiger partial charge in [0.2, 0.25) is 5.91 Å². The highest BCUT2D eigenvalue weighted by molar-refractivity contribution is 6.36. The number of anilines is 2. The molecular formula is C18H16Cl2N2O2. The van der Waals surface area contributed by atoms with Gasteiger partial charge in [-0.3, -0.25) is 9.59 Å². The van der Waals surface area contributed by atoms with Gasteiger partial charge in [0.25, 0.3) is 5.91 Å². The van der Waals surface area contributed by atoms with Gasteiger partial charge in [0.15, 0.2) is 0 Å². The number of benzene rings is 2. The molecule has 2 amide bonds. The van der Waals surface area contributed by atoms with Crippen LogP contribution in [0.25, 0.3) is 0 Å². The molecule has 1 N–H and O–H groups in total. The zero-order chi connectivity index (χ0) is 17.4. The molecule has 6 heteroatoms. The third-order valence-electron chi connectivity index (χ3n) is 4.07. The van der Waals surface area contributed by atoms with Gasteiger partial charge < -0.3 is 5.32 Å². The third kappa shape index (κ3) is 2.99. The minimum Gasteiger partial charge on any atom is -0.372 e. The summed E-state index contributed by atoms with van der Waals surface area (Å²) in [5.74, 6) is -0.497. The molecule has 0 spiro atoms. The summed E-state index contributed by atoms with van der Waals surface area (Å²) >= 11 is 12.0. The zero-order valence-corrected chi connectivity index (χ0v) is 14.8. The fourth-order valence-corrected chi connectivity index (χ4v) is 3.40. The van der Waals surface area contributed by atoms with Gasteiger partial charge in [-0.2, -0.15) is 0 Å². The number of amides is 2. The topological polar surface area (TPSA) is 49.4 Å². The molecule has 4 nitrogen and oxygen atoms in total. The molecule has 1 aliphatic rings. The van der Waals surface area contributed by atoms with Gasteiger partial charge in [-0.1, -0.05) is 41.4 Å². The number of carbonyl (C=O) groups excluding carboxylic acids is 2. The minimum absolute atomic E-state index is 0.0889. The predicted octanol–water partition coefficient (Wildman–Crippen LogP) is 4.35. The highest BCUT2D eigenvalue weighted by Crippen LogP contribution is 2.32. The average Bonchev–Trinajstić information content (AvgIpc) is 2.77. The van der Waals surface area contributed by atoms with Crippen LogP contribution in [0, 0.1) is 13.8 Å². The maximum absolute atomic E-state index is 12.8. The summed E-state index contributed by atoms with van der Waals surface area (Å²) in [6, 6.07) is 10.0. The van der Waals surface area contributed by atoms with Crippen LogP contribution in [0.5, 0.6) is 0 Å². The van der Waals surface area contributed by atoms with Crippen LogP contribution in [-0.4, -0.2) is 17.9 Å². The normalized spacial score (nSPS) is 17.5. The van der Waals surface area contributed by atoms with Crippen molar-refractivity contribution in [1.82, 2.24) is 0 Å². The Morgan fingerprint density at radius 3 is 2.38 bits per heavy atom. The van der Waals surface area contributed by atoms with Crippen LogP contribution in [0.15, 0.2) is 36.4 Å². The van der Waals surface area contributed by atoms with E-state index in [4.69, 9.17) is 23.2 Å². The third-order valence-corrected chi connectivity index (χ3v) is 4.62. The van der Waals surface area contributed by atoms with Gasteiger partial charge in [0.05, 0.1) is 22.8 Å². The zero-order valence-electron chi connectivity index (χ0n) is 13.3. The second-order valence-electron chi connectivity index (χ2n) is 5.83. The molecule has 0 aliphatic carbocycles. The molecular weight excluding hydrogens is 347 g/mol. The van der Waals surface area contributed by atoms with E-state index in [0.29, 0.717) is 21.4 Å². The molecule has 0 aromatic heterocycles. The SMILES string of the molecule is Cc1cccc(C)c1N1C(=O)C[C@H](Nc2ccc(Cl)cc2Cl)C1=O. The minimum atomic E-state index is -0.643. The lowest BCUT2D eigenvalue weighted by Crippen LogP contribution is -2.35. The lowest BCUT2D eigenvalue weighted by Gasteiger charge is -2.20. The summed E-state index contributed by atoms with van der Waals surface area (Å²) in [7, 11) is 0. The van der Waals surface area contributed by atoms with E-state index in [1.807, 2.05) is 32.0 Å². The first kappa shape index (κ1) is 16.8. The van der Waals surface area contributed by atoms with E-state index in [1.54, 1.807) is 18.2 Å². The number of carbonyl (C=O) groups is 2. The first-order chi connectivity index (χ1) is 11.4. The number of imide groups is 1. The molecule has 1 fully saturated rings. The molecule has 2 aromatic carbocycles. The fraction of sp³-hybridized carbons (Fsp3) is 0.222. The maximum atomic E-state index is 12.8. The molecule has 3 rings (SSSR count). The number of rotatable bonds is 3. The Bertz CT molecular complexity index is 816. The van der Waals surface area contributed by atoms with E-state index in [-0.39, 0.29) is 18.2 Å². The lowest BCUT2D eigenvalue weighted by molar-refractivity contribution is -0.121. The Hall–Kier alpha value is -2.04. The Labute approximate surface area is 150 Å². The van der Waals surface area contributed by atoms with Crippen LogP contribution in [0.3, 0.4) is 0 Å². The molecule has 0 bridgehead atoms. The first-order valence-corrected chi connectivity index (χ1v) is 8.28. The van der Waals surface area contributed by atoms with E-state index in [9.17, 15) is 9.59 Å². The van der Waals surface area contributed by atoms with Gasteiger partial charge in [-0.15, -0.1) is 0 Å². The van der Waals surface area contributed by atoms with Crippen molar-refractivity contribution in [2.24, 2.45) is 0 Å². The summed E-state index contributed by atoms with van der Waals surface area (Å²) in [4.78, 5) is 26.5. The molecule has 1 aliphatic heterocycles. The molecule has 124 valence electrons. The van der Waals surface area contributed by atoms with E-state index in [0.717, 1.165) is 11.1 Å². The quantitative estimate of drug-likeness (QED) is 0.825. The van der Waals surface area contributed by atoms with Crippen molar-refractivity contribution in [1.29, 1.82) is 0 Å². The number of para-hydroxylation sites is 1. The van der Waals surface area contributed by atoms with Crippen molar-refractivity contribution in [3.05, 3.63) is 57.6 Å². The van der Waals surface area contributed by atoms with Crippen molar-refractivity contribution in [2.75, 3.05) is 10.2 Å². The van der Waals surface area contributed by atoms with E-state index >= 15 is 0 Å². The van der Waals surface area contributed by atoms with Crippen molar-refractivity contribution < 1.29 is 9.59 Å². The van der Waals surface area contributed by atoms with Crippen LogP contribution in [0.4, 0.5) is 11.4 Å². The van der Waals surface area contributed by atoms with Crippen LogP contribution >= 0.6 is 23.2 Å². The van der Waals surface area contributed by atoms with E-state index in [2.05, 4.69) is 5.32 Å². The molecule has 0 radical (unpaired) electrons. The van der Waals surface area contributed by atoms with Gasteiger partial charge in [0.1, 0.15) is 6.04 Å². The number of halogens is 2. The van der Waals surface area contributed by atoms with Crippen molar-refractivity contribution >= 4 is 46.4 Å². The Morgan fingerprint density at radius 1 is 1.08 bits per heavy atom. The summed E-state index contributed by atoms with van der Waals surface area (Å²) in [6.45, 7) is 3.78. The van der Waals surface area contributed by atoms with Crippen LogP contribution in [0.1, 0.15) is 17.5 Å². The van der Waals surface area contributed by atoms with Crippen LogP contribution in [-0.2, 0) is 9.59 Å². The monoisotopic (exact) mass is 362 g/mol. The summed E-state index contributed by atoms with van der Waals surface area (Å²) in [5, 5.41) is 3.97. The summed E-state index contributed by atoms with van der Waals surface area (Å²) < 4.78 is 0. The van der Waals surface area contributed by atoms with Gasteiger partial charge in [-0.05, 0) is 43.2 Å². The largest absolute Gasteiger partial charge is 0.372 e. The van der Waals surface area contributed by atoms with Crippen molar-refractivity contribution in [3.63, 3.8) is 0 Å². The number of hydrogen-bond acceptors (Lipinski definition) is 3. The summed E-state index contributed by atoms with van der Waals surface area (Å²) in [6.07, 6.45) is 0.0889. The second kappa shape index (κ2) is 6.46. The molecule has 0 saturated carbocycles. The fourth-order valence-electron chi connectivity index (χ4n) is 2.93. The standard InChI is InChI=1S/C18H16Cl2N2O2/c1-10-4-3-5-11(2)17(10)22-16(23)9-15(18(22)24)21-14-7-6-12(19)8-13(14)20/h3-8,15,21H,9H2,1-2H3/t15-/m0/s1. The molecule has 1 saturated heterocycles. The molecule has 1 heterocycles. The first-order valence-electron chi connectivity index (χ1n) is 7.53. The van der Waals surface area contributed by atoms with E-state index < -0.39 is 6.04 Å². The average molecular weight is 363 g/mol. The molecule has 0 unspecified atom stereocenters. The molecule has 1 atom stereocenters. The van der Waals surface area contributed by atoms with Gasteiger partial charge in [0, 0.05) is 5.02 Å². The number of aryl methyl sites for hydroxylation is 2. The van der Waals surface area contributed by atoms with Crippen molar-refractivity contribution in [3.8, 4) is 0 Å². The predicted molar refractivity (Wildman–Crippen MR) is 96.9 cm³/mol. The summed E-state index contributed by atoms with van der Waals surface area (Å²) in [5.41, 5.74) is 3.03.